The maximum atomic E-state index is 12.2. The summed E-state index contributed by atoms with van der Waals surface area (Å²) in [5.74, 6) is 0.330. The molecule has 0 fully saturated rings. The van der Waals surface area contributed by atoms with Gasteiger partial charge in [-0.25, -0.2) is 4.98 Å². The number of hydrogen-bond acceptors (Lipinski definition) is 4. The minimum absolute atomic E-state index is 0.0820. The van der Waals surface area contributed by atoms with Crippen molar-refractivity contribution in [1.82, 2.24) is 14.9 Å². The number of nitrogens with one attached hydrogen (secondary N) is 1. The van der Waals surface area contributed by atoms with Crippen LogP contribution in [0.3, 0.4) is 0 Å². The van der Waals surface area contributed by atoms with Crippen LogP contribution in [-0.2, 0) is 6.54 Å². The summed E-state index contributed by atoms with van der Waals surface area (Å²) >= 11 is 0. The maximum absolute atomic E-state index is 12.2. The molecule has 1 amide bonds. The third-order valence-corrected chi connectivity index (χ3v) is 3.58. The van der Waals surface area contributed by atoms with Gasteiger partial charge in [0, 0.05) is 24.3 Å². The van der Waals surface area contributed by atoms with Crippen molar-refractivity contribution >= 4 is 5.91 Å². The second-order valence-electron chi connectivity index (χ2n) is 5.14. The summed E-state index contributed by atoms with van der Waals surface area (Å²) in [6, 6.07) is 7.08. The maximum Gasteiger partial charge on any atom is 0.256 e. The van der Waals surface area contributed by atoms with Gasteiger partial charge in [-0.15, -0.1) is 0 Å². The highest BCUT2D eigenvalue weighted by Crippen LogP contribution is 2.17. The fraction of sp³-hybridized carbons (Fsp3) is 0.353. The van der Waals surface area contributed by atoms with Crippen molar-refractivity contribution in [3.8, 4) is 5.75 Å². The van der Waals surface area contributed by atoms with Crippen molar-refractivity contribution in [1.29, 1.82) is 0 Å². The van der Waals surface area contributed by atoms with E-state index in [1.165, 1.54) is 10.9 Å². The van der Waals surface area contributed by atoms with Gasteiger partial charge in [-0.2, -0.15) is 0 Å². The molecule has 1 N–H and O–H groups in total. The number of carbonyl (C=O) groups is 1. The molecule has 2 aromatic rings. The fourth-order valence-corrected chi connectivity index (χ4v) is 2.16. The van der Waals surface area contributed by atoms with Gasteiger partial charge in [0.2, 0.25) is 0 Å². The number of benzene rings is 1. The second-order valence-corrected chi connectivity index (χ2v) is 5.14. The van der Waals surface area contributed by atoms with E-state index in [2.05, 4.69) is 10.3 Å². The molecule has 0 aliphatic rings. The Balaban J connectivity index is 2.01. The summed E-state index contributed by atoms with van der Waals surface area (Å²) < 4.78 is 6.94. The molecule has 0 aliphatic heterocycles. The Bertz CT molecular complexity index is 753. The van der Waals surface area contributed by atoms with Crippen LogP contribution >= 0.6 is 0 Å². The van der Waals surface area contributed by atoms with Crippen LogP contribution in [-0.4, -0.2) is 28.6 Å². The van der Waals surface area contributed by atoms with Crippen molar-refractivity contribution in [3.05, 3.63) is 57.8 Å². The summed E-state index contributed by atoms with van der Waals surface area (Å²) in [4.78, 5) is 28.5. The zero-order valence-electron chi connectivity index (χ0n) is 13.6. The first-order valence-electron chi connectivity index (χ1n) is 7.57. The molecular weight excluding hydrogens is 294 g/mol. The van der Waals surface area contributed by atoms with Gasteiger partial charge in [0.05, 0.1) is 18.5 Å². The summed E-state index contributed by atoms with van der Waals surface area (Å²) in [6.45, 7) is 6.62. The predicted octanol–water partition coefficient (Wildman–Crippen LogP) is 1.69. The number of amides is 1. The van der Waals surface area contributed by atoms with Gasteiger partial charge in [0.15, 0.2) is 0 Å². The molecule has 2 rings (SSSR count). The van der Waals surface area contributed by atoms with Gasteiger partial charge in [0.25, 0.3) is 11.5 Å². The van der Waals surface area contributed by atoms with E-state index in [0.717, 1.165) is 5.69 Å². The standard InChI is InChI=1S/C17H21N3O3/c1-4-23-15-8-6-5-7-14(15)16(21)18-9-10-20-11-19-13(3)12(2)17(20)22/h5-8,11H,4,9-10H2,1-3H3,(H,18,21). The minimum Gasteiger partial charge on any atom is -0.493 e. The average molecular weight is 315 g/mol. The molecule has 6 nitrogen and oxygen atoms in total. The van der Waals surface area contributed by atoms with Crippen LogP contribution in [0.1, 0.15) is 28.5 Å². The topological polar surface area (TPSA) is 73.2 Å². The highest BCUT2D eigenvalue weighted by molar-refractivity contribution is 5.96. The second kappa shape index (κ2) is 7.58. The van der Waals surface area contributed by atoms with E-state index in [1.807, 2.05) is 13.0 Å². The van der Waals surface area contributed by atoms with Crippen LogP contribution in [0.25, 0.3) is 0 Å². The highest BCUT2D eigenvalue weighted by atomic mass is 16.5. The van der Waals surface area contributed by atoms with Crippen molar-refractivity contribution < 1.29 is 9.53 Å². The van der Waals surface area contributed by atoms with Gasteiger partial charge in [-0.1, -0.05) is 12.1 Å². The molecule has 6 heteroatoms. The number of aryl methyl sites for hydroxylation is 1. The van der Waals surface area contributed by atoms with Gasteiger partial charge >= 0.3 is 0 Å². The Hall–Kier alpha value is -2.63. The summed E-state index contributed by atoms with van der Waals surface area (Å²) in [5.41, 5.74) is 1.75. The Labute approximate surface area is 135 Å². The molecule has 23 heavy (non-hydrogen) atoms. The number of aromatic nitrogens is 2. The lowest BCUT2D eigenvalue weighted by Gasteiger charge is -2.11. The molecule has 0 atom stereocenters. The number of carbonyl (C=O) groups excluding carboxylic acids is 1. The zero-order chi connectivity index (χ0) is 16.8. The van der Waals surface area contributed by atoms with E-state index in [1.54, 1.807) is 32.0 Å². The molecule has 0 saturated heterocycles. The lowest BCUT2D eigenvalue weighted by Crippen LogP contribution is -2.32. The Kier molecular flexibility index (Phi) is 5.51. The number of rotatable bonds is 6. The van der Waals surface area contributed by atoms with Crippen molar-refractivity contribution in [2.75, 3.05) is 13.2 Å². The molecule has 1 heterocycles. The summed E-state index contributed by atoms with van der Waals surface area (Å²) in [7, 11) is 0. The van der Waals surface area contributed by atoms with Crippen LogP contribution in [0.4, 0.5) is 0 Å². The Morgan fingerprint density at radius 3 is 2.78 bits per heavy atom. The smallest absolute Gasteiger partial charge is 0.256 e. The van der Waals surface area contributed by atoms with E-state index in [9.17, 15) is 9.59 Å². The van der Waals surface area contributed by atoms with Crippen molar-refractivity contribution in [2.45, 2.75) is 27.3 Å². The SMILES string of the molecule is CCOc1ccccc1C(=O)NCCn1cnc(C)c(C)c1=O. The summed E-state index contributed by atoms with van der Waals surface area (Å²) in [5, 5.41) is 2.80. The normalized spacial score (nSPS) is 10.4. The number of hydrogen-bond donors (Lipinski definition) is 1. The first-order chi connectivity index (χ1) is 11.0. The number of nitrogens with zero attached hydrogens (tertiary/aromatic N) is 2. The molecule has 0 bridgehead atoms. The lowest BCUT2D eigenvalue weighted by molar-refractivity contribution is 0.0948. The van der Waals surface area contributed by atoms with E-state index in [0.29, 0.717) is 36.6 Å². The van der Waals surface area contributed by atoms with Crippen LogP contribution in [0, 0.1) is 13.8 Å². The molecule has 0 saturated carbocycles. The van der Waals surface area contributed by atoms with E-state index < -0.39 is 0 Å². The molecule has 122 valence electrons. The minimum atomic E-state index is -0.223. The van der Waals surface area contributed by atoms with Gasteiger partial charge in [-0.3, -0.25) is 14.2 Å². The lowest BCUT2D eigenvalue weighted by atomic mass is 10.2. The van der Waals surface area contributed by atoms with Crippen molar-refractivity contribution in [3.63, 3.8) is 0 Å². The predicted molar refractivity (Wildman–Crippen MR) is 87.9 cm³/mol. The molecule has 1 aromatic heterocycles. The number of ether oxygens (including phenoxy) is 1. The third-order valence-electron chi connectivity index (χ3n) is 3.58. The van der Waals surface area contributed by atoms with E-state index >= 15 is 0 Å². The Morgan fingerprint density at radius 2 is 2.04 bits per heavy atom. The van der Waals surface area contributed by atoms with Gasteiger partial charge in [0.1, 0.15) is 5.75 Å². The molecule has 0 spiro atoms. The van der Waals surface area contributed by atoms with Crippen LogP contribution in [0.2, 0.25) is 0 Å². The average Bonchev–Trinajstić information content (AvgIpc) is 2.55. The molecule has 0 aliphatic carbocycles. The Morgan fingerprint density at radius 1 is 1.30 bits per heavy atom. The largest absolute Gasteiger partial charge is 0.493 e. The zero-order valence-corrected chi connectivity index (χ0v) is 13.6. The van der Waals surface area contributed by atoms with E-state index in [4.69, 9.17) is 4.74 Å². The van der Waals surface area contributed by atoms with E-state index in [-0.39, 0.29) is 11.5 Å². The highest BCUT2D eigenvalue weighted by Gasteiger charge is 2.11. The van der Waals surface area contributed by atoms with Crippen LogP contribution in [0.15, 0.2) is 35.4 Å². The molecule has 1 aromatic carbocycles. The molecule has 0 unspecified atom stereocenters. The monoisotopic (exact) mass is 315 g/mol. The number of para-hydroxylation sites is 1. The quantitative estimate of drug-likeness (QED) is 0.880. The first-order valence-corrected chi connectivity index (χ1v) is 7.57. The summed E-state index contributed by atoms with van der Waals surface area (Å²) in [6.07, 6.45) is 1.50. The van der Waals surface area contributed by atoms with Crippen LogP contribution in [0.5, 0.6) is 5.75 Å². The van der Waals surface area contributed by atoms with Crippen LogP contribution < -0.4 is 15.6 Å². The van der Waals surface area contributed by atoms with Crippen molar-refractivity contribution in [2.24, 2.45) is 0 Å². The molecule has 0 radical (unpaired) electrons. The third kappa shape index (κ3) is 3.97. The molecular formula is C17H21N3O3. The fourth-order valence-electron chi connectivity index (χ4n) is 2.16. The first kappa shape index (κ1) is 16.7. The van der Waals surface area contributed by atoms with Gasteiger partial charge < -0.3 is 10.1 Å². The van der Waals surface area contributed by atoms with Gasteiger partial charge in [-0.05, 0) is 32.9 Å².